The van der Waals surface area contributed by atoms with Crippen molar-refractivity contribution >= 4 is 50.7 Å². The summed E-state index contributed by atoms with van der Waals surface area (Å²) < 4.78 is 13.7. The number of nitrogens with one attached hydrogen (secondary N) is 1. The van der Waals surface area contributed by atoms with Gasteiger partial charge in [-0.25, -0.2) is 0 Å². The highest BCUT2D eigenvalue weighted by molar-refractivity contribution is 8.27. The smallest absolute Gasteiger partial charge is 0.283 e. The number of thioether (sulfide) groups is 1. The van der Waals surface area contributed by atoms with E-state index >= 15 is 0 Å². The van der Waals surface area contributed by atoms with E-state index < -0.39 is 5.91 Å². The van der Waals surface area contributed by atoms with E-state index in [-0.39, 0.29) is 11.4 Å². The van der Waals surface area contributed by atoms with E-state index in [9.17, 15) is 4.79 Å². The molecule has 2 aromatic carbocycles. The van der Waals surface area contributed by atoms with Gasteiger partial charge in [0.1, 0.15) is 11.7 Å². The van der Waals surface area contributed by atoms with Gasteiger partial charge in [-0.05, 0) is 60.9 Å². The summed E-state index contributed by atoms with van der Waals surface area (Å²) in [5, 5.41) is 17.6. The molecule has 3 heterocycles. The van der Waals surface area contributed by atoms with Crippen molar-refractivity contribution in [2.45, 2.75) is 45.1 Å². The minimum absolute atomic E-state index is 0.0745. The highest BCUT2D eigenvalue weighted by Crippen LogP contribution is 2.36. The van der Waals surface area contributed by atoms with Gasteiger partial charge in [0.15, 0.2) is 17.3 Å². The Balaban J connectivity index is 1.23. The summed E-state index contributed by atoms with van der Waals surface area (Å²) >= 11 is 1.44. The summed E-state index contributed by atoms with van der Waals surface area (Å²) in [5.41, 5.74) is 3.22. The number of ether oxygens (including phenoxy) is 2. The van der Waals surface area contributed by atoms with Crippen LogP contribution >= 0.6 is 11.8 Å². The number of carbonyl (C=O) groups excluding carboxylic acids is 1. The monoisotopic (exact) mass is 567 g/mol. The second-order valence-electron chi connectivity index (χ2n) is 10.4. The van der Waals surface area contributed by atoms with Gasteiger partial charge in [0, 0.05) is 28.6 Å². The molecular weight excluding hydrogens is 534 g/mol. The average molecular weight is 568 g/mol. The van der Waals surface area contributed by atoms with Crippen LogP contribution in [0.15, 0.2) is 77.0 Å². The highest BCUT2D eigenvalue weighted by atomic mass is 32.2. The zero-order valence-electron chi connectivity index (χ0n) is 23.1. The predicted octanol–water partition coefficient (Wildman–Crippen LogP) is 6.66. The van der Waals surface area contributed by atoms with Crippen molar-refractivity contribution in [3.8, 4) is 11.5 Å². The normalized spacial score (nSPS) is 18.5. The Morgan fingerprint density at radius 3 is 2.78 bits per heavy atom. The molecule has 0 radical (unpaired) electrons. The largest absolute Gasteiger partial charge is 0.493 e. The predicted molar refractivity (Wildman–Crippen MR) is 166 cm³/mol. The van der Waals surface area contributed by atoms with E-state index in [2.05, 4.69) is 16.1 Å². The lowest BCUT2D eigenvalue weighted by molar-refractivity contribution is -0.114. The minimum Gasteiger partial charge on any atom is -0.493 e. The van der Waals surface area contributed by atoms with E-state index in [1.165, 1.54) is 36.0 Å². The van der Waals surface area contributed by atoms with Crippen LogP contribution in [-0.2, 0) is 17.8 Å². The number of hydrogen-bond acceptors (Lipinski definition) is 6. The molecule has 9 heteroatoms. The van der Waals surface area contributed by atoms with Crippen LogP contribution < -0.4 is 9.47 Å². The molecule has 1 aromatic heterocycles. The summed E-state index contributed by atoms with van der Waals surface area (Å²) in [4.78, 5) is 17.4. The Labute approximate surface area is 243 Å². The molecule has 2 aliphatic heterocycles. The molecule has 0 saturated heterocycles. The number of benzene rings is 2. The van der Waals surface area contributed by atoms with Crippen LogP contribution in [0.2, 0.25) is 0 Å². The van der Waals surface area contributed by atoms with Crippen molar-refractivity contribution in [2.75, 3.05) is 13.7 Å². The van der Waals surface area contributed by atoms with E-state index in [0.717, 1.165) is 46.3 Å². The number of carbonyl (C=O) groups is 1. The van der Waals surface area contributed by atoms with Crippen molar-refractivity contribution in [1.29, 1.82) is 5.41 Å². The van der Waals surface area contributed by atoms with Gasteiger partial charge in [0.25, 0.3) is 5.91 Å². The standard InChI is InChI=1S/C32H33N5O3S/c1-3-9-21-14-15-27(28(18-21)39-2)40-17-16-36-20-23(24-12-7-8-13-26(24)36)19-25-29(33)37-32(34-30(25)38)41-31(35-37)22-10-5-4-6-11-22/h3,7-8,12-15,18-20,22,33H,1,4-6,9-11,16-17H2,2H3/b25-19-,33-29?. The quantitative estimate of drug-likeness (QED) is 0.231. The molecule has 8 nitrogen and oxygen atoms in total. The van der Waals surface area contributed by atoms with Gasteiger partial charge in [0.2, 0.25) is 5.17 Å². The molecule has 210 valence electrons. The van der Waals surface area contributed by atoms with E-state index in [0.29, 0.717) is 35.7 Å². The molecule has 1 aliphatic carbocycles. The highest BCUT2D eigenvalue weighted by Gasteiger charge is 2.38. The molecule has 3 aromatic rings. The number of fused-ring (bicyclic) bond motifs is 2. The van der Waals surface area contributed by atoms with Crippen molar-refractivity contribution in [1.82, 2.24) is 9.58 Å². The Bertz CT molecular complexity index is 1610. The van der Waals surface area contributed by atoms with Gasteiger partial charge in [-0.2, -0.15) is 15.1 Å². The van der Waals surface area contributed by atoms with Crippen molar-refractivity contribution in [3.05, 3.63) is 78.0 Å². The van der Waals surface area contributed by atoms with Gasteiger partial charge in [0.05, 0.1) is 19.2 Å². The van der Waals surface area contributed by atoms with Gasteiger partial charge in [-0.1, -0.05) is 49.6 Å². The second kappa shape index (κ2) is 11.8. The molecule has 41 heavy (non-hydrogen) atoms. The number of methoxy groups -OCH3 is 1. The number of aromatic nitrogens is 1. The summed E-state index contributed by atoms with van der Waals surface area (Å²) in [6.45, 7) is 4.82. The molecule has 1 fully saturated rings. The molecule has 1 N–H and O–H groups in total. The van der Waals surface area contributed by atoms with E-state index in [4.69, 9.17) is 20.0 Å². The first kappa shape index (κ1) is 27.1. The van der Waals surface area contributed by atoms with Crippen molar-refractivity contribution in [3.63, 3.8) is 0 Å². The Kier molecular flexibility index (Phi) is 7.78. The number of hydrogen-bond donors (Lipinski definition) is 1. The fourth-order valence-corrected chi connectivity index (χ4v) is 6.69. The van der Waals surface area contributed by atoms with Crippen LogP contribution in [-0.4, -0.2) is 45.2 Å². The van der Waals surface area contributed by atoms with Crippen molar-refractivity contribution in [2.24, 2.45) is 16.0 Å². The fourth-order valence-electron chi connectivity index (χ4n) is 5.63. The van der Waals surface area contributed by atoms with Gasteiger partial charge in [-0.15, -0.1) is 6.58 Å². The molecular formula is C32H33N5O3S. The molecule has 3 aliphatic rings. The maximum Gasteiger partial charge on any atom is 0.283 e. The van der Waals surface area contributed by atoms with Crippen molar-refractivity contribution < 1.29 is 14.3 Å². The summed E-state index contributed by atoms with van der Waals surface area (Å²) in [5.74, 6) is 1.44. The number of amidine groups is 2. The van der Waals surface area contributed by atoms with Crippen LogP contribution in [0.3, 0.4) is 0 Å². The van der Waals surface area contributed by atoms with Crippen LogP contribution in [0, 0.1) is 11.3 Å². The molecule has 0 atom stereocenters. The Morgan fingerprint density at radius 2 is 1.98 bits per heavy atom. The molecule has 1 amide bonds. The summed E-state index contributed by atoms with van der Waals surface area (Å²) in [6, 6.07) is 13.9. The maximum absolute atomic E-state index is 13.1. The number of rotatable bonds is 9. The average Bonchev–Trinajstić information content (AvgIpc) is 3.58. The number of nitrogens with zero attached hydrogens (tertiary/aromatic N) is 4. The third-order valence-electron chi connectivity index (χ3n) is 7.74. The number of aliphatic imine (C=N–C) groups is 1. The fraction of sp³-hybridized carbons (Fsp3) is 0.312. The number of para-hydroxylation sites is 1. The van der Waals surface area contributed by atoms with Crippen LogP contribution in [0.25, 0.3) is 17.0 Å². The SMILES string of the molecule is C=CCc1ccc(OCCn2cc(/C=C3/C(=N)N4N=C(C5CCCCC5)SC4=NC3=O)c3ccccc32)c(OC)c1. The molecule has 0 unspecified atom stereocenters. The summed E-state index contributed by atoms with van der Waals surface area (Å²) in [7, 11) is 1.64. The Hall–Kier alpha value is -4.11. The third-order valence-corrected chi connectivity index (χ3v) is 8.81. The second-order valence-corrected chi connectivity index (χ2v) is 11.4. The Morgan fingerprint density at radius 1 is 1.15 bits per heavy atom. The van der Waals surface area contributed by atoms with Crippen LogP contribution in [0.5, 0.6) is 11.5 Å². The first-order chi connectivity index (χ1) is 20.1. The molecule has 6 rings (SSSR count). The zero-order valence-corrected chi connectivity index (χ0v) is 24.0. The van der Waals surface area contributed by atoms with Gasteiger partial charge < -0.3 is 14.0 Å². The third kappa shape index (κ3) is 5.46. The number of allylic oxidation sites excluding steroid dienone is 1. The number of amides is 1. The maximum atomic E-state index is 13.1. The molecule has 0 bridgehead atoms. The molecule has 0 spiro atoms. The van der Waals surface area contributed by atoms with Gasteiger partial charge in [-0.3, -0.25) is 10.2 Å². The first-order valence-corrected chi connectivity index (χ1v) is 14.9. The number of hydrazone groups is 1. The molecule has 1 saturated carbocycles. The zero-order chi connectivity index (χ0) is 28.3. The first-order valence-electron chi connectivity index (χ1n) is 14.0. The topological polar surface area (TPSA) is 92.3 Å². The van der Waals surface area contributed by atoms with Gasteiger partial charge >= 0.3 is 0 Å². The lowest BCUT2D eigenvalue weighted by atomic mass is 9.90. The van der Waals surface area contributed by atoms with Crippen LogP contribution in [0.1, 0.15) is 43.2 Å². The summed E-state index contributed by atoms with van der Waals surface area (Å²) in [6.07, 6.45) is 12.3. The lowest BCUT2D eigenvalue weighted by Crippen LogP contribution is -2.35. The minimum atomic E-state index is -0.402. The van der Waals surface area contributed by atoms with E-state index in [1.807, 2.05) is 54.7 Å². The van der Waals surface area contributed by atoms with Crippen LogP contribution in [0.4, 0.5) is 0 Å². The van der Waals surface area contributed by atoms with E-state index in [1.54, 1.807) is 13.2 Å². The lowest BCUT2D eigenvalue weighted by Gasteiger charge is -2.20.